The molecule has 5 heteroatoms. The zero-order valence-electron chi connectivity index (χ0n) is 13.6. The minimum absolute atomic E-state index is 0.0687. The summed E-state index contributed by atoms with van der Waals surface area (Å²) in [6.45, 7) is 6.70. The SMILES string of the molecule is C=CCN(CCc1ccccc1)C(=O)c1cnc2onc(C)c2c1. The van der Waals surface area contributed by atoms with Gasteiger partial charge < -0.3 is 9.42 Å². The lowest BCUT2D eigenvalue weighted by atomic mass is 10.1. The van der Waals surface area contributed by atoms with Gasteiger partial charge in [-0.2, -0.15) is 0 Å². The van der Waals surface area contributed by atoms with Gasteiger partial charge in [0.15, 0.2) is 0 Å². The van der Waals surface area contributed by atoms with Crippen LogP contribution in [0.1, 0.15) is 21.6 Å². The van der Waals surface area contributed by atoms with Crippen LogP contribution in [0, 0.1) is 6.92 Å². The van der Waals surface area contributed by atoms with Crippen LogP contribution in [-0.2, 0) is 6.42 Å². The summed E-state index contributed by atoms with van der Waals surface area (Å²) in [7, 11) is 0. The Morgan fingerprint density at radius 2 is 2.12 bits per heavy atom. The van der Waals surface area contributed by atoms with E-state index in [1.807, 2.05) is 25.1 Å². The molecule has 5 nitrogen and oxygen atoms in total. The van der Waals surface area contributed by atoms with Crippen LogP contribution in [0.3, 0.4) is 0 Å². The molecule has 0 saturated carbocycles. The second-order valence-electron chi connectivity index (χ2n) is 5.62. The molecule has 1 aromatic carbocycles. The van der Waals surface area contributed by atoms with E-state index in [2.05, 4.69) is 28.9 Å². The number of hydrogen-bond acceptors (Lipinski definition) is 4. The molecule has 0 aliphatic rings. The Morgan fingerprint density at radius 1 is 1.33 bits per heavy atom. The fourth-order valence-corrected chi connectivity index (χ4v) is 2.58. The molecule has 24 heavy (non-hydrogen) atoms. The number of carbonyl (C=O) groups excluding carboxylic acids is 1. The molecule has 1 amide bonds. The van der Waals surface area contributed by atoms with Crippen molar-refractivity contribution < 1.29 is 9.32 Å². The Balaban J connectivity index is 1.79. The number of amides is 1. The lowest BCUT2D eigenvalue weighted by molar-refractivity contribution is 0.0775. The summed E-state index contributed by atoms with van der Waals surface area (Å²) in [5, 5.41) is 4.64. The second-order valence-corrected chi connectivity index (χ2v) is 5.62. The minimum atomic E-state index is -0.0687. The number of benzene rings is 1. The first kappa shape index (κ1) is 15.9. The van der Waals surface area contributed by atoms with Crippen molar-refractivity contribution in [1.82, 2.24) is 15.0 Å². The lowest BCUT2D eigenvalue weighted by Gasteiger charge is -2.21. The Morgan fingerprint density at radius 3 is 2.88 bits per heavy atom. The first-order valence-corrected chi connectivity index (χ1v) is 7.85. The average molecular weight is 321 g/mol. The largest absolute Gasteiger partial charge is 0.336 e. The third kappa shape index (κ3) is 3.35. The summed E-state index contributed by atoms with van der Waals surface area (Å²) in [4.78, 5) is 18.8. The Bertz CT molecular complexity index is 855. The van der Waals surface area contributed by atoms with Gasteiger partial charge >= 0.3 is 0 Å². The van der Waals surface area contributed by atoms with Crippen molar-refractivity contribution in [3.63, 3.8) is 0 Å². The molecular formula is C19H19N3O2. The molecular weight excluding hydrogens is 302 g/mol. The van der Waals surface area contributed by atoms with Crippen molar-refractivity contribution >= 4 is 17.0 Å². The summed E-state index contributed by atoms with van der Waals surface area (Å²) >= 11 is 0. The number of fused-ring (bicyclic) bond motifs is 1. The van der Waals surface area contributed by atoms with Gasteiger partial charge in [-0.25, -0.2) is 4.98 Å². The zero-order chi connectivity index (χ0) is 16.9. The van der Waals surface area contributed by atoms with E-state index in [1.54, 1.807) is 17.0 Å². The van der Waals surface area contributed by atoms with Crippen LogP contribution < -0.4 is 0 Å². The fourth-order valence-electron chi connectivity index (χ4n) is 2.58. The first-order chi connectivity index (χ1) is 11.7. The molecule has 0 aliphatic carbocycles. The fraction of sp³-hybridized carbons (Fsp3) is 0.211. The Kier molecular flexibility index (Phi) is 4.70. The molecule has 0 bridgehead atoms. The van der Waals surface area contributed by atoms with Crippen molar-refractivity contribution in [1.29, 1.82) is 0 Å². The molecule has 0 unspecified atom stereocenters. The van der Waals surface area contributed by atoms with E-state index in [1.165, 1.54) is 11.8 Å². The van der Waals surface area contributed by atoms with E-state index in [-0.39, 0.29) is 5.91 Å². The monoisotopic (exact) mass is 321 g/mol. The number of carbonyl (C=O) groups is 1. The summed E-state index contributed by atoms with van der Waals surface area (Å²) in [5.74, 6) is -0.0687. The topological polar surface area (TPSA) is 59.2 Å². The molecule has 122 valence electrons. The van der Waals surface area contributed by atoms with E-state index in [0.717, 1.165) is 17.5 Å². The highest BCUT2D eigenvalue weighted by atomic mass is 16.5. The maximum Gasteiger partial charge on any atom is 0.257 e. The summed E-state index contributed by atoms with van der Waals surface area (Å²) in [6, 6.07) is 11.9. The molecule has 0 N–H and O–H groups in total. The molecule has 3 rings (SSSR count). The highest BCUT2D eigenvalue weighted by molar-refractivity contribution is 5.97. The third-order valence-corrected chi connectivity index (χ3v) is 3.91. The van der Waals surface area contributed by atoms with Crippen molar-refractivity contribution in [3.8, 4) is 0 Å². The Labute approximate surface area is 140 Å². The van der Waals surface area contributed by atoms with Crippen molar-refractivity contribution in [2.45, 2.75) is 13.3 Å². The van der Waals surface area contributed by atoms with Gasteiger partial charge in [-0.15, -0.1) is 6.58 Å². The highest BCUT2D eigenvalue weighted by Gasteiger charge is 2.17. The van der Waals surface area contributed by atoms with E-state index >= 15 is 0 Å². The number of aryl methyl sites for hydroxylation is 1. The summed E-state index contributed by atoms with van der Waals surface area (Å²) in [6.07, 6.45) is 4.07. The van der Waals surface area contributed by atoms with Gasteiger partial charge in [-0.05, 0) is 25.0 Å². The van der Waals surface area contributed by atoms with Gasteiger partial charge in [0.2, 0.25) is 0 Å². The molecule has 2 aromatic heterocycles. The van der Waals surface area contributed by atoms with Crippen molar-refractivity contribution in [2.24, 2.45) is 0 Å². The van der Waals surface area contributed by atoms with E-state index in [0.29, 0.717) is 24.4 Å². The van der Waals surface area contributed by atoms with E-state index < -0.39 is 0 Å². The highest BCUT2D eigenvalue weighted by Crippen LogP contribution is 2.18. The molecule has 0 radical (unpaired) electrons. The van der Waals surface area contributed by atoms with Crippen LogP contribution in [0.15, 0.2) is 59.8 Å². The summed E-state index contributed by atoms with van der Waals surface area (Å²) in [5.41, 5.74) is 2.90. The maximum absolute atomic E-state index is 12.8. The smallest absolute Gasteiger partial charge is 0.257 e. The van der Waals surface area contributed by atoms with Crippen LogP contribution in [-0.4, -0.2) is 34.0 Å². The number of aromatic nitrogens is 2. The van der Waals surface area contributed by atoms with Crippen LogP contribution in [0.25, 0.3) is 11.1 Å². The van der Waals surface area contributed by atoms with E-state index in [9.17, 15) is 4.79 Å². The first-order valence-electron chi connectivity index (χ1n) is 7.85. The number of nitrogens with zero attached hydrogens (tertiary/aromatic N) is 3. The standard InChI is InChI=1S/C19H19N3O2/c1-3-10-22(11-9-15-7-5-4-6-8-15)19(23)16-12-17-14(2)21-24-18(17)20-13-16/h3-8,12-13H,1,9-11H2,2H3. The van der Waals surface area contributed by atoms with Gasteiger partial charge in [0.25, 0.3) is 11.6 Å². The molecule has 3 aromatic rings. The lowest BCUT2D eigenvalue weighted by Crippen LogP contribution is -2.33. The van der Waals surface area contributed by atoms with Crippen molar-refractivity contribution in [2.75, 3.05) is 13.1 Å². The summed E-state index contributed by atoms with van der Waals surface area (Å²) < 4.78 is 5.09. The van der Waals surface area contributed by atoms with E-state index in [4.69, 9.17) is 4.52 Å². The minimum Gasteiger partial charge on any atom is -0.336 e. The normalized spacial score (nSPS) is 10.7. The maximum atomic E-state index is 12.8. The van der Waals surface area contributed by atoms with Gasteiger partial charge in [-0.3, -0.25) is 4.79 Å². The molecule has 0 spiro atoms. The number of pyridine rings is 1. The van der Waals surface area contributed by atoms with Gasteiger partial charge in [0, 0.05) is 19.3 Å². The van der Waals surface area contributed by atoms with Crippen LogP contribution in [0.2, 0.25) is 0 Å². The predicted octanol–water partition coefficient (Wildman–Crippen LogP) is 3.40. The van der Waals surface area contributed by atoms with Crippen LogP contribution >= 0.6 is 0 Å². The quantitative estimate of drug-likeness (QED) is 0.653. The molecule has 0 aliphatic heterocycles. The van der Waals surface area contributed by atoms with Gasteiger partial charge in [0.05, 0.1) is 16.6 Å². The zero-order valence-corrected chi connectivity index (χ0v) is 13.6. The molecule has 0 atom stereocenters. The van der Waals surface area contributed by atoms with Gasteiger partial charge in [0.1, 0.15) is 0 Å². The molecule has 2 heterocycles. The number of rotatable bonds is 6. The third-order valence-electron chi connectivity index (χ3n) is 3.91. The molecule has 0 fully saturated rings. The Hall–Kier alpha value is -2.95. The average Bonchev–Trinajstić information content (AvgIpc) is 2.99. The second kappa shape index (κ2) is 7.08. The predicted molar refractivity (Wildman–Crippen MR) is 92.8 cm³/mol. The van der Waals surface area contributed by atoms with Crippen LogP contribution in [0.4, 0.5) is 0 Å². The number of hydrogen-bond donors (Lipinski definition) is 0. The van der Waals surface area contributed by atoms with Crippen LogP contribution in [0.5, 0.6) is 0 Å². The van der Waals surface area contributed by atoms with Crippen molar-refractivity contribution in [3.05, 3.63) is 72.1 Å². The van der Waals surface area contributed by atoms with Gasteiger partial charge in [-0.1, -0.05) is 41.6 Å². The molecule has 0 saturated heterocycles.